The number of likely N-dealkylation sites (tertiary alicyclic amines) is 1. The molecule has 13 nitrogen and oxygen atoms in total. The number of carboxylic acid groups (broad SMARTS) is 1. The van der Waals surface area contributed by atoms with Gasteiger partial charge in [-0.3, -0.25) is 19.8 Å². The van der Waals surface area contributed by atoms with Gasteiger partial charge >= 0.3 is 6.09 Å². The van der Waals surface area contributed by atoms with Gasteiger partial charge in [0.05, 0.1) is 9.82 Å². The zero-order chi connectivity index (χ0) is 35.3. The van der Waals surface area contributed by atoms with Crippen LogP contribution in [0.2, 0.25) is 0 Å². The summed E-state index contributed by atoms with van der Waals surface area (Å²) in [5, 5.41) is 24.0. The number of sulfonamides is 1. The number of carbonyl (C=O) groups excluding carboxylic acids is 1. The summed E-state index contributed by atoms with van der Waals surface area (Å²) in [6.45, 7) is 4.69. The standard InChI is InChI=1S/C36H38N6O7S/c43-35(38-50(48,49)31-14-15-33(34(24-31)42(46)47)37-29-16-18-41(19-17-29)36(44)45)27-10-12-30(13-11-27)40-22-20-39(21-23-40)25-28-8-4-5-9-32(28)26-6-2-1-3-7-26/h1-15,24,29,37H,16-23,25H2,(H,38,43)(H,44,45). The van der Waals surface area contributed by atoms with E-state index in [1.807, 2.05) is 22.9 Å². The zero-order valence-corrected chi connectivity index (χ0v) is 28.1. The first kappa shape index (κ1) is 34.4. The SMILES string of the molecule is O=C(NS(=O)(=O)c1ccc(NC2CCN(C(=O)O)CC2)c([N+](=O)[O-])c1)c1ccc(N2CCN(Cc3ccccc3-c3ccccc3)CC2)cc1. The fraction of sp³-hybridized carbons (Fsp3) is 0.278. The number of carbonyl (C=O) groups is 2. The molecule has 2 aliphatic heterocycles. The van der Waals surface area contributed by atoms with E-state index in [2.05, 4.69) is 51.5 Å². The first-order chi connectivity index (χ1) is 24.1. The Balaban J connectivity index is 1.04. The molecular weight excluding hydrogens is 660 g/mol. The molecule has 0 spiro atoms. The number of rotatable bonds is 10. The zero-order valence-electron chi connectivity index (χ0n) is 27.3. The molecule has 50 heavy (non-hydrogen) atoms. The maximum Gasteiger partial charge on any atom is 0.407 e. The van der Waals surface area contributed by atoms with Gasteiger partial charge in [0.1, 0.15) is 5.69 Å². The highest BCUT2D eigenvalue weighted by atomic mass is 32.2. The van der Waals surface area contributed by atoms with Crippen LogP contribution in [0.3, 0.4) is 0 Å². The third-order valence-electron chi connectivity index (χ3n) is 9.19. The van der Waals surface area contributed by atoms with E-state index in [1.165, 1.54) is 33.7 Å². The molecule has 2 saturated heterocycles. The molecule has 14 heteroatoms. The fourth-order valence-corrected chi connectivity index (χ4v) is 7.41. The van der Waals surface area contributed by atoms with Gasteiger partial charge in [0.15, 0.2) is 0 Å². The predicted octanol–water partition coefficient (Wildman–Crippen LogP) is 5.26. The second-order valence-electron chi connectivity index (χ2n) is 12.4. The molecule has 6 rings (SSSR count). The molecule has 2 amide bonds. The van der Waals surface area contributed by atoms with Gasteiger partial charge in [-0.25, -0.2) is 17.9 Å². The van der Waals surface area contributed by atoms with Gasteiger partial charge in [-0.05, 0) is 65.9 Å². The van der Waals surface area contributed by atoms with Crippen molar-refractivity contribution in [1.29, 1.82) is 0 Å². The van der Waals surface area contributed by atoms with Crippen molar-refractivity contribution in [2.75, 3.05) is 49.5 Å². The normalized spacial score (nSPS) is 15.8. The fourth-order valence-electron chi connectivity index (χ4n) is 6.41. The number of hydrogen-bond acceptors (Lipinski definition) is 9. The van der Waals surface area contributed by atoms with Crippen molar-refractivity contribution in [2.24, 2.45) is 0 Å². The summed E-state index contributed by atoms with van der Waals surface area (Å²) in [7, 11) is -4.43. The van der Waals surface area contributed by atoms with E-state index >= 15 is 0 Å². The van der Waals surface area contributed by atoms with E-state index in [0.717, 1.165) is 44.5 Å². The Hall–Kier alpha value is -5.47. The maximum atomic E-state index is 13.1. The molecule has 0 saturated carbocycles. The number of nitro groups is 1. The molecule has 2 heterocycles. The molecule has 2 aliphatic rings. The number of amides is 2. The largest absolute Gasteiger partial charge is 0.465 e. The van der Waals surface area contributed by atoms with Crippen LogP contribution in [0.15, 0.2) is 102 Å². The van der Waals surface area contributed by atoms with Crippen LogP contribution in [-0.2, 0) is 16.6 Å². The lowest BCUT2D eigenvalue weighted by Gasteiger charge is -2.36. The van der Waals surface area contributed by atoms with Crippen LogP contribution in [0.5, 0.6) is 0 Å². The molecule has 0 aliphatic carbocycles. The first-order valence-electron chi connectivity index (χ1n) is 16.4. The van der Waals surface area contributed by atoms with Crippen molar-refractivity contribution < 1.29 is 28.0 Å². The minimum Gasteiger partial charge on any atom is -0.465 e. The van der Waals surface area contributed by atoms with Crippen LogP contribution in [0.4, 0.5) is 21.9 Å². The first-order valence-corrected chi connectivity index (χ1v) is 17.9. The molecule has 260 valence electrons. The van der Waals surface area contributed by atoms with E-state index in [9.17, 15) is 28.1 Å². The minimum atomic E-state index is -4.43. The number of benzene rings is 4. The van der Waals surface area contributed by atoms with Gasteiger partial charge in [-0.15, -0.1) is 0 Å². The minimum absolute atomic E-state index is 0.113. The van der Waals surface area contributed by atoms with Crippen molar-refractivity contribution in [3.05, 3.63) is 118 Å². The van der Waals surface area contributed by atoms with Crippen LogP contribution in [0, 0.1) is 10.1 Å². The quantitative estimate of drug-likeness (QED) is 0.147. The summed E-state index contributed by atoms with van der Waals surface area (Å²) in [6.07, 6.45) is -0.134. The summed E-state index contributed by atoms with van der Waals surface area (Å²) in [6, 6.07) is 28.7. The Kier molecular flexibility index (Phi) is 10.3. The van der Waals surface area contributed by atoms with Crippen LogP contribution >= 0.6 is 0 Å². The number of anilines is 2. The number of nitro benzene ring substituents is 1. The number of piperazine rings is 1. The highest BCUT2D eigenvalue weighted by Gasteiger charge is 2.27. The summed E-state index contributed by atoms with van der Waals surface area (Å²) >= 11 is 0. The molecule has 0 aromatic heterocycles. The van der Waals surface area contributed by atoms with E-state index < -0.39 is 37.5 Å². The highest BCUT2D eigenvalue weighted by Crippen LogP contribution is 2.30. The lowest BCUT2D eigenvalue weighted by atomic mass is 9.99. The van der Waals surface area contributed by atoms with Crippen LogP contribution < -0.4 is 14.9 Å². The number of nitrogens with zero attached hydrogens (tertiary/aromatic N) is 4. The second kappa shape index (κ2) is 15.0. The molecule has 0 atom stereocenters. The molecule has 3 N–H and O–H groups in total. The molecule has 4 aromatic rings. The van der Waals surface area contributed by atoms with Gasteiger partial charge in [0.25, 0.3) is 21.6 Å². The Morgan fingerprint density at radius 3 is 2.16 bits per heavy atom. The summed E-state index contributed by atoms with van der Waals surface area (Å²) < 4.78 is 28.3. The molecule has 4 aromatic carbocycles. The van der Waals surface area contributed by atoms with Crippen LogP contribution in [0.25, 0.3) is 11.1 Å². The molecule has 0 radical (unpaired) electrons. The third kappa shape index (κ3) is 8.04. The summed E-state index contributed by atoms with van der Waals surface area (Å²) in [5.41, 5.74) is 4.39. The topological polar surface area (TPSA) is 165 Å². The van der Waals surface area contributed by atoms with Crippen molar-refractivity contribution in [2.45, 2.75) is 30.3 Å². The van der Waals surface area contributed by atoms with E-state index in [1.54, 1.807) is 24.3 Å². The Morgan fingerprint density at radius 2 is 1.50 bits per heavy atom. The van der Waals surface area contributed by atoms with Crippen molar-refractivity contribution in [1.82, 2.24) is 14.5 Å². The predicted molar refractivity (Wildman–Crippen MR) is 190 cm³/mol. The van der Waals surface area contributed by atoms with Gasteiger partial charge < -0.3 is 20.2 Å². The summed E-state index contributed by atoms with van der Waals surface area (Å²) in [4.78, 5) is 40.8. The van der Waals surface area contributed by atoms with Crippen LogP contribution in [-0.4, -0.2) is 85.6 Å². The van der Waals surface area contributed by atoms with Gasteiger partial charge in [-0.2, -0.15) is 0 Å². The third-order valence-corrected chi connectivity index (χ3v) is 10.5. The highest BCUT2D eigenvalue weighted by molar-refractivity contribution is 7.90. The monoisotopic (exact) mass is 698 g/mol. The average molecular weight is 699 g/mol. The molecular formula is C36H38N6O7S. The summed E-state index contributed by atoms with van der Waals surface area (Å²) in [5.74, 6) is -0.853. The average Bonchev–Trinajstić information content (AvgIpc) is 3.12. The van der Waals surface area contributed by atoms with Crippen molar-refractivity contribution in [3.63, 3.8) is 0 Å². The van der Waals surface area contributed by atoms with Crippen molar-refractivity contribution in [3.8, 4) is 11.1 Å². The van der Waals surface area contributed by atoms with E-state index in [4.69, 9.17) is 5.11 Å². The Labute approximate surface area is 290 Å². The second-order valence-corrected chi connectivity index (χ2v) is 14.1. The van der Waals surface area contributed by atoms with Gasteiger partial charge in [0, 0.05) is 69.2 Å². The van der Waals surface area contributed by atoms with Crippen LogP contribution in [0.1, 0.15) is 28.8 Å². The Morgan fingerprint density at radius 1 is 0.840 bits per heavy atom. The molecule has 2 fully saturated rings. The lowest BCUT2D eigenvalue weighted by Crippen LogP contribution is -2.46. The number of piperidine rings is 1. The molecule has 0 unspecified atom stereocenters. The Bertz CT molecular complexity index is 1960. The lowest BCUT2D eigenvalue weighted by molar-refractivity contribution is -0.384. The number of hydrogen-bond donors (Lipinski definition) is 3. The van der Waals surface area contributed by atoms with E-state index in [-0.39, 0.29) is 30.4 Å². The van der Waals surface area contributed by atoms with E-state index in [0.29, 0.717) is 12.8 Å². The van der Waals surface area contributed by atoms with Gasteiger partial charge in [0.2, 0.25) is 0 Å². The van der Waals surface area contributed by atoms with Gasteiger partial charge in [-0.1, -0.05) is 54.6 Å². The number of nitrogens with one attached hydrogen (secondary N) is 2. The maximum absolute atomic E-state index is 13.1. The molecule has 0 bridgehead atoms. The van der Waals surface area contributed by atoms with Crippen molar-refractivity contribution >= 4 is 39.1 Å². The smallest absolute Gasteiger partial charge is 0.407 e.